The number of nitrogens with zero attached hydrogens (tertiary/aromatic N) is 3. The predicted octanol–water partition coefficient (Wildman–Crippen LogP) is 2.31. The minimum absolute atomic E-state index is 0. The smallest absolute Gasteiger partial charge is 0.225 e. The van der Waals surface area contributed by atoms with Gasteiger partial charge in [-0.2, -0.15) is 0 Å². The Morgan fingerprint density at radius 1 is 1.13 bits per heavy atom. The predicted molar refractivity (Wildman–Crippen MR) is 132 cm³/mol. The highest BCUT2D eigenvalue weighted by atomic mass is 127. The Bertz CT molecular complexity index is 686. The van der Waals surface area contributed by atoms with Crippen LogP contribution >= 0.6 is 24.0 Å². The normalized spacial score (nSPS) is 18.1. The Hall–Kier alpha value is -1.55. The maximum absolute atomic E-state index is 12.5. The van der Waals surface area contributed by atoms with Crippen molar-refractivity contribution in [3.8, 4) is 5.75 Å². The van der Waals surface area contributed by atoms with Crippen LogP contribution in [0.2, 0.25) is 0 Å². The number of para-hydroxylation sites is 1. The van der Waals surface area contributed by atoms with Crippen LogP contribution in [0.1, 0.15) is 31.2 Å². The fourth-order valence-electron chi connectivity index (χ4n) is 4.20. The van der Waals surface area contributed by atoms with Crippen LogP contribution in [-0.4, -0.2) is 75.1 Å². The van der Waals surface area contributed by atoms with Crippen LogP contribution in [0.3, 0.4) is 0 Å². The lowest BCUT2D eigenvalue weighted by molar-refractivity contribution is -0.137. The number of halogens is 1. The molecule has 0 bridgehead atoms. The standard InChI is InChI=1S/C22H35N5O2.HI/c1-23-22(25-17-19-9-5-6-10-20(19)29-2)24-11-12-26-13-15-27(16-14-26)21(28)18-7-3-4-8-18;/h5-6,9-10,18H,3-4,7-8,11-17H2,1-2H3,(H2,23,24,25);1H. The molecule has 0 atom stereocenters. The van der Waals surface area contributed by atoms with Crippen molar-refractivity contribution >= 4 is 35.8 Å². The number of methoxy groups -OCH3 is 1. The average molecular weight is 529 g/mol. The molecule has 168 valence electrons. The third-order valence-electron chi connectivity index (χ3n) is 5.97. The molecule has 1 saturated carbocycles. The summed E-state index contributed by atoms with van der Waals surface area (Å²) in [5.74, 6) is 2.34. The van der Waals surface area contributed by atoms with E-state index in [9.17, 15) is 4.79 Å². The first-order valence-corrected chi connectivity index (χ1v) is 10.8. The molecule has 30 heavy (non-hydrogen) atoms. The molecule has 3 rings (SSSR count). The van der Waals surface area contributed by atoms with Gasteiger partial charge in [0, 0.05) is 64.3 Å². The average Bonchev–Trinajstić information content (AvgIpc) is 3.31. The third kappa shape index (κ3) is 7.01. The molecular formula is C22H36IN5O2. The number of nitrogens with one attached hydrogen (secondary N) is 2. The molecule has 0 spiro atoms. The number of hydrogen-bond acceptors (Lipinski definition) is 4. The topological polar surface area (TPSA) is 69.2 Å². The first-order valence-electron chi connectivity index (χ1n) is 10.8. The van der Waals surface area contributed by atoms with Gasteiger partial charge < -0.3 is 20.3 Å². The summed E-state index contributed by atoms with van der Waals surface area (Å²) in [5.41, 5.74) is 1.10. The Balaban J connectivity index is 0.00000320. The molecule has 1 saturated heterocycles. The molecule has 1 aliphatic carbocycles. The highest BCUT2D eigenvalue weighted by Crippen LogP contribution is 2.26. The zero-order valence-electron chi connectivity index (χ0n) is 18.2. The van der Waals surface area contributed by atoms with Crippen molar-refractivity contribution in [1.29, 1.82) is 0 Å². The molecule has 1 aliphatic heterocycles. The van der Waals surface area contributed by atoms with Gasteiger partial charge in [-0.15, -0.1) is 24.0 Å². The Labute approximate surface area is 197 Å². The summed E-state index contributed by atoms with van der Waals surface area (Å²) in [4.78, 5) is 21.3. The van der Waals surface area contributed by atoms with Crippen LogP contribution in [0, 0.1) is 5.92 Å². The molecule has 2 N–H and O–H groups in total. The summed E-state index contributed by atoms with van der Waals surface area (Å²) in [5, 5.41) is 6.72. The fraction of sp³-hybridized carbons (Fsp3) is 0.636. The molecule has 1 aromatic rings. The second-order valence-electron chi connectivity index (χ2n) is 7.81. The van der Waals surface area contributed by atoms with E-state index in [1.807, 2.05) is 24.3 Å². The minimum Gasteiger partial charge on any atom is -0.496 e. The van der Waals surface area contributed by atoms with Crippen LogP contribution in [0.15, 0.2) is 29.3 Å². The fourth-order valence-corrected chi connectivity index (χ4v) is 4.20. The summed E-state index contributed by atoms with van der Waals surface area (Å²) in [6, 6.07) is 7.99. The van der Waals surface area contributed by atoms with Gasteiger partial charge in [-0.05, 0) is 18.9 Å². The maximum Gasteiger partial charge on any atom is 0.225 e. The van der Waals surface area contributed by atoms with Crippen LogP contribution in [0.4, 0.5) is 0 Å². The number of ether oxygens (including phenoxy) is 1. The number of hydrogen-bond donors (Lipinski definition) is 2. The van der Waals surface area contributed by atoms with Crippen LogP contribution < -0.4 is 15.4 Å². The Morgan fingerprint density at radius 3 is 2.50 bits per heavy atom. The van der Waals surface area contributed by atoms with Crippen molar-refractivity contribution in [3.05, 3.63) is 29.8 Å². The second kappa shape index (κ2) is 13.0. The number of rotatable bonds is 7. The van der Waals surface area contributed by atoms with Crippen molar-refractivity contribution in [3.63, 3.8) is 0 Å². The first kappa shape index (κ1) is 24.7. The number of carbonyl (C=O) groups is 1. The quantitative estimate of drug-likeness (QED) is 0.323. The van der Waals surface area contributed by atoms with Gasteiger partial charge >= 0.3 is 0 Å². The van der Waals surface area contributed by atoms with E-state index in [0.29, 0.717) is 18.4 Å². The number of carbonyl (C=O) groups excluding carboxylic acids is 1. The third-order valence-corrected chi connectivity index (χ3v) is 5.97. The van der Waals surface area contributed by atoms with E-state index < -0.39 is 0 Å². The number of amides is 1. The van der Waals surface area contributed by atoms with Crippen LogP contribution in [-0.2, 0) is 11.3 Å². The summed E-state index contributed by atoms with van der Waals surface area (Å²) in [7, 11) is 3.47. The molecule has 1 aromatic carbocycles. The number of benzene rings is 1. The molecule has 2 fully saturated rings. The minimum atomic E-state index is 0. The van der Waals surface area contributed by atoms with Gasteiger partial charge in [-0.25, -0.2) is 0 Å². The van der Waals surface area contributed by atoms with Crippen molar-refractivity contribution in [2.24, 2.45) is 10.9 Å². The zero-order valence-corrected chi connectivity index (χ0v) is 20.6. The summed E-state index contributed by atoms with van der Waals surface area (Å²) >= 11 is 0. The zero-order chi connectivity index (χ0) is 20.5. The van der Waals surface area contributed by atoms with Gasteiger partial charge in [0.25, 0.3) is 0 Å². The Morgan fingerprint density at radius 2 is 1.83 bits per heavy atom. The Kier molecular flexibility index (Phi) is 10.7. The molecule has 7 nitrogen and oxygen atoms in total. The lowest BCUT2D eigenvalue weighted by Gasteiger charge is -2.36. The number of piperazine rings is 1. The molecule has 8 heteroatoms. The second-order valence-corrected chi connectivity index (χ2v) is 7.81. The summed E-state index contributed by atoms with van der Waals surface area (Å²) < 4.78 is 5.39. The van der Waals surface area contributed by atoms with Crippen molar-refractivity contribution < 1.29 is 9.53 Å². The molecule has 2 aliphatic rings. The van der Waals surface area contributed by atoms with E-state index in [1.165, 1.54) is 12.8 Å². The van der Waals surface area contributed by atoms with Gasteiger partial charge in [0.1, 0.15) is 5.75 Å². The van der Waals surface area contributed by atoms with Gasteiger partial charge in [0.15, 0.2) is 5.96 Å². The lowest BCUT2D eigenvalue weighted by atomic mass is 10.1. The highest BCUT2D eigenvalue weighted by Gasteiger charge is 2.29. The molecule has 0 aromatic heterocycles. The monoisotopic (exact) mass is 529 g/mol. The maximum atomic E-state index is 12.5. The summed E-state index contributed by atoms with van der Waals surface area (Å²) in [6.07, 6.45) is 4.61. The molecule has 0 unspecified atom stereocenters. The van der Waals surface area contributed by atoms with Gasteiger partial charge in [-0.1, -0.05) is 31.0 Å². The molecular weight excluding hydrogens is 493 g/mol. The first-order chi connectivity index (χ1) is 14.2. The summed E-state index contributed by atoms with van der Waals surface area (Å²) in [6.45, 7) is 6.04. The van der Waals surface area contributed by atoms with Crippen molar-refractivity contribution in [2.75, 3.05) is 53.4 Å². The SMILES string of the molecule is CN=C(NCCN1CCN(C(=O)C2CCCC2)CC1)NCc1ccccc1OC.I. The van der Waals surface area contributed by atoms with Gasteiger partial charge in [0.05, 0.1) is 7.11 Å². The van der Waals surface area contributed by atoms with Crippen molar-refractivity contribution in [2.45, 2.75) is 32.2 Å². The molecule has 1 amide bonds. The van der Waals surface area contributed by atoms with E-state index in [-0.39, 0.29) is 24.0 Å². The van der Waals surface area contributed by atoms with Gasteiger partial charge in [0.2, 0.25) is 5.91 Å². The van der Waals surface area contributed by atoms with E-state index in [2.05, 4.69) is 25.4 Å². The lowest BCUT2D eigenvalue weighted by Crippen LogP contribution is -2.51. The highest BCUT2D eigenvalue weighted by molar-refractivity contribution is 14.0. The van der Waals surface area contributed by atoms with E-state index in [0.717, 1.165) is 69.4 Å². The van der Waals surface area contributed by atoms with Crippen LogP contribution in [0.25, 0.3) is 0 Å². The van der Waals surface area contributed by atoms with Crippen LogP contribution in [0.5, 0.6) is 5.75 Å². The van der Waals surface area contributed by atoms with E-state index in [1.54, 1.807) is 14.2 Å². The number of guanidine groups is 1. The van der Waals surface area contributed by atoms with Crippen molar-refractivity contribution in [1.82, 2.24) is 20.4 Å². The molecule has 1 heterocycles. The van der Waals surface area contributed by atoms with Gasteiger partial charge in [-0.3, -0.25) is 14.7 Å². The largest absolute Gasteiger partial charge is 0.496 e. The number of aliphatic imine (C=N–C) groups is 1. The molecule has 0 radical (unpaired) electrons. The van der Waals surface area contributed by atoms with E-state index >= 15 is 0 Å². The van der Waals surface area contributed by atoms with E-state index in [4.69, 9.17) is 4.74 Å².